The Labute approximate surface area is 139 Å². The van der Waals surface area contributed by atoms with Crippen LogP contribution in [0.15, 0.2) is 0 Å². The van der Waals surface area contributed by atoms with E-state index in [2.05, 4.69) is 23.9 Å². The molecule has 0 amide bonds. The first-order chi connectivity index (χ1) is 10.8. The summed E-state index contributed by atoms with van der Waals surface area (Å²) in [5.41, 5.74) is 0. The van der Waals surface area contributed by atoms with Crippen LogP contribution in [0.5, 0.6) is 0 Å². The Hall–Kier alpha value is -0.120. The lowest BCUT2D eigenvalue weighted by Crippen LogP contribution is -2.12. The maximum atomic E-state index is 4.86. The molecule has 0 rings (SSSR count). The Balaban J connectivity index is 2.94. The fourth-order valence-electron chi connectivity index (χ4n) is 2.79. The molecule has 0 N–H and O–H groups in total. The molecule has 0 unspecified atom stereocenters. The van der Waals surface area contributed by atoms with Gasteiger partial charge in [-0.05, 0) is 33.5 Å². The standard InChI is InChI=1S/C19H41NO2/c1-20(2)18-16-14-12-10-8-6-4-5-7-9-11-13-15-17-19-22-21-3/h4-19H2,1-3H3. The fraction of sp³-hybridized carbons (Fsp3) is 1.00. The average molecular weight is 316 g/mol. The second-order valence-corrected chi connectivity index (χ2v) is 6.74. The number of unbranched alkanes of at least 4 members (excludes halogenated alkanes) is 13. The molecule has 3 nitrogen and oxygen atoms in total. The molecule has 0 aliphatic carbocycles. The van der Waals surface area contributed by atoms with Crippen LogP contribution >= 0.6 is 0 Å². The molecule has 0 radical (unpaired) electrons. The van der Waals surface area contributed by atoms with E-state index in [0.717, 1.165) is 13.0 Å². The van der Waals surface area contributed by atoms with Crippen molar-refractivity contribution in [3.05, 3.63) is 0 Å². The molecule has 0 aromatic heterocycles. The number of hydrogen-bond acceptors (Lipinski definition) is 3. The molecule has 0 saturated heterocycles. The van der Waals surface area contributed by atoms with Gasteiger partial charge in [-0.1, -0.05) is 77.0 Å². The molecule has 0 spiro atoms. The third-order valence-electron chi connectivity index (χ3n) is 4.20. The summed E-state index contributed by atoms with van der Waals surface area (Å²) in [5, 5.41) is 0. The topological polar surface area (TPSA) is 21.7 Å². The fourth-order valence-corrected chi connectivity index (χ4v) is 2.79. The van der Waals surface area contributed by atoms with Crippen LogP contribution in [0, 0.1) is 0 Å². The zero-order chi connectivity index (χ0) is 16.3. The molecule has 22 heavy (non-hydrogen) atoms. The molecule has 134 valence electrons. The van der Waals surface area contributed by atoms with Crippen LogP contribution in [0.4, 0.5) is 0 Å². The molecule has 0 atom stereocenters. The molecule has 0 aliphatic rings. The van der Waals surface area contributed by atoms with E-state index in [1.807, 2.05) is 0 Å². The summed E-state index contributed by atoms with van der Waals surface area (Å²) in [4.78, 5) is 11.7. The second-order valence-electron chi connectivity index (χ2n) is 6.74. The molecule has 0 fully saturated rings. The molecule has 3 heteroatoms. The third-order valence-corrected chi connectivity index (χ3v) is 4.20. The van der Waals surface area contributed by atoms with E-state index in [4.69, 9.17) is 4.89 Å². The second kappa shape index (κ2) is 18.9. The maximum absolute atomic E-state index is 4.86. The summed E-state index contributed by atoms with van der Waals surface area (Å²) < 4.78 is 0. The first-order valence-electron chi connectivity index (χ1n) is 9.57. The SMILES string of the molecule is COOCCCCCCCCCCCCCCCCN(C)C. The number of rotatable bonds is 18. The highest BCUT2D eigenvalue weighted by Gasteiger charge is 1.95. The number of hydrogen-bond donors (Lipinski definition) is 0. The van der Waals surface area contributed by atoms with Crippen molar-refractivity contribution in [2.45, 2.75) is 89.9 Å². The predicted molar refractivity (Wildman–Crippen MR) is 96.2 cm³/mol. The van der Waals surface area contributed by atoms with Crippen molar-refractivity contribution in [1.29, 1.82) is 0 Å². The molecule has 0 saturated carbocycles. The first kappa shape index (κ1) is 21.9. The van der Waals surface area contributed by atoms with Gasteiger partial charge in [-0.25, -0.2) is 9.78 Å². The van der Waals surface area contributed by atoms with Crippen LogP contribution in [-0.2, 0) is 9.78 Å². The van der Waals surface area contributed by atoms with Crippen molar-refractivity contribution in [2.24, 2.45) is 0 Å². The van der Waals surface area contributed by atoms with Gasteiger partial charge in [0, 0.05) is 0 Å². The maximum Gasteiger partial charge on any atom is 0.0822 e. The van der Waals surface area contributed by atoms with Gasteiger partial charge in [0.2, 0.25) is 0 Å². The molecule has 0 bridgehead atoms. The van der Waals surface area contributed by atoms with Gasteiger partial charge in [-0.2, -0.15) is 0 Å². The quantitative estimate of drug-likeness (QED) is 0.187. The van der Waals surface area contributed by atoms with Gasteiger partial charge in [0.25, 0.3) is 0 Å². The van der Waals surface area contributed by atoms with Crippen LogP contribution in [0.25, 0.3) is 0 Å². The minimum atomic E-state index is 0.742. The summed E-state index contributed by atoms with van der Waals surface area (Å²) in [6.07, 6.45) is 19.4. The van der Waals surface area contributed by atoms with Gasteiger partial charge >= 0.3 is 0 Å². The Morgan fingerprint density at radius 2 is 0.909 bits per heavy atom. The van der Waals surface area contributed by atoms with Gasteiger partial charge in [0.15, 0.2) is 0 Å². The van der Waals surface area contributed by atoms with Crippen LogP contribution in [0.1, 0.15) is 89.9 Å². The van der Waals surface area contributed by atoms with E-state index in [0.29, 0.717) is 0 Å². The molecular weight excluding hydrogens is 274 g/mol. The normalized spacial score (nSPS) is 11.5. The van der Waals surface area contributed by atoms with Gasteiger partial charge in [-0.15, -0.1) is 0 Å². The molecule has 0 aromatic carbocycles. The van der Waals surface area contributed by atoms with E-state index in [-0.39, 0.29) is 0 Å². The summed E-state index contributed by atoms with van der Waals surface area (Å²) >= 11 is 0. The minimum Gasteiger partial charge on any atom is -0.309 e. The van der Waals surface area contributed by atoms with Crippen molar-refractivity contribution in [2.75, 3.05) is 34.4 Å². The summed E-state index contributed by atoms with van der Waals surface area (Å²) in [6.45, 7) is 1.99. The van der Waals surface area contributed by atoms with Crippen LogP contribution in [0.3, 0.4) is 0 Å². The van der Waals surface area contributed by atoms with Gasteiger partial charge in [-0.3, -0.25) is 0 Å². The lowest BCUT2D eigenvalue weighted by molar-refractivity contribution is -0.272. The molecule has 0 heterocycles. The Bertz CT molecular complexity index is 198. The number of nitrogens with zero attached hydrogens (tertiary/aromatic N) is 1. The lowest BCUT2D eigenvalue weighted by atomic mass is 10.0. The minimum absolute atomic E-state index is 0.742. The summed E-state index contributed by atoms with van der Waals surface area (Å²) in [6, 6.07) is 0. The van der Waals surface area contributed by atoms with E-state index in [1.165, 1.54) is 90.0 Å². The van der Waals surface area contributed by atoms with Crippen molar-refractivity contribution >= 4 is 0 Å². The van der Waals surface area contributed by atoms with Crippen molar-refractivity contribution in [1.82, 2.24) is 4.90 Å². The molecule has 0 aliphatic heterocycles. The summed E-state index contributed by atoms with van der Waals surface area (Å²) in [5.74, 6) is 0. The highest BCUT2D eigenvalue weighted by Crippen LogP contribution is 2.13. The van der Waals surface area contributed by atoms with Crippen molar-refractivity contribution in [3.63, 3.8) is 0 Å². The average Bonchev–Trinajstić information content (AvgIpc) is 2.50. The van der Waals surface area contributed by atoms with Gasteiger partial charge < -0.3 is 4.90 Å². The lowest BCUT2D eigenvalue weighted by Gasteiger charge is -2.08. The smallest absolute Gasteiger partial charge is 0.0822 e. The van der Waals surface area contributed by atoms with Crippen LogP contribution < -0.4 is 0 Å². The molecule has 0 aromatic rings. The van der Waals surface area contributed by atoms with Crippen LogP contribution in [0.2, 0.25) is 0 Å². The largest absolute Gasteiger partial charge is 0.309 e. The third kappa shape index (κ3) is 19.9. The van der Waals surface area contributed by atoms with Gasteiger partial charge in [0.1, 0.15) is 0 Å². The highest BCUT2D eigenvalue weighted by molar-refractivity contribution is 4.50. The van der Waals surface area contributed by atoms with Gasteiger partial charge in [0.05, 0.1) is 13.7 Å². The molecular formula is C19H41NO2. The van der Waals surface area contributed by atoms with Crippen molar-refractivity contribution < 1.29 is 9.78 Å². The van der Waals surface area contributed by atoms with E-state index in [9.17, 15) is 0 Å². The first-order valence-corrected chi connectivity index (χ1v) is 9.57. The summed E-state index contributed by atoms with van der Waals surface area (Å²) in [7, 11) is 5.90. The highest BCUT2D eigenvalue weighted by atomic mass is 17.2. The zero-order valence-corrected chi connectivity index (χ0v) is 15.6. The Kier molecular flexibility index (Phi) is 18.8. The Morgan fingerprint density at radius 1 is 0.545 bits per heavy atom. The van der Waals surface area contributed by atoms with E-state index >= 15 is 0 Å². The monoisotopic (exact) mass is 315 g/mol. The Morgan fingerprint density at radius 3 is 1.27 bits per heavy atom. The zero-order valence-electron chi connectivity index (χ0n) is 15.6. The van der Waals surface area contributed by atoms with E-state index in [1.54, 1.807) is 7.11 Å². The van der Waals surface area contributed by atoms with Crippen LogP contribution in [-0.4, -0.2) is 39.3 Å². The van der Waals surface area contributed by atoms with E-state index < -0.39 is 0 Å². The predicted octanol–water partition coefficient (Wildman–Crippen LogP) is 5.59. The van der Waals surface area contributed by atoms with Crippen molar-refractivity contribution in [3.8, 4) is 0 Å².